The molecule has 9 aliphatic rings. The molecule has 1 N–H and O–H groups in total. The highest BCUT2D eigenvalue weighted by atomic mass is 16.7. The van der Waals surface area contributed by atoms with E-state index in [-0.39, 0.29) is 53.7 Å². The molecule has 1 heterocycles. The molecule has 1 aliphatic heterocycles. The quantitative estimate of drug-likeness (QED) is 0.119. The molecular weight excluding hydrogens is 901 g/mol. The highest BCUT2D eigenvalue weighted by Crippen LogP contribution is 2.70. The van der Waals surface area contributed by atoms with Gasteiger partial charge >= 0.3 is 23.9 Å². The van der Waals surface area contributed by atoms with Crippen LogP contribution in [0.3, 0.4) is 0 Å². The van der Waals surface area contributed by atoms with Crippen molar-refractivity contribution in [1.82, 2.24) is 0 Å². The molecule has 20 atom stereocenters. The van der Waals surface area contributed by atoms with Gasteiger partial charge in [0.05, 0.1) is 17.4 Å². The van der Waals surface area contributed by atoms with E-state index in [1.54, 1.807) is 0 Å². The lowest BCUT2D eigenvalue weighted by Crippen LogP contribution is -2.54. The fourth-order valence-corrected chi connectivity index (χ4v) is 20.7. The first-order valence-corrected chi connectivity index (χ1v) is 30.5. The van der Waals surface area contributed by atoms with Gasteiger partial charge in [-0.25, -0.2) is 0 Å². The SMILES string of the molecule is CCC(C)(CC(C)(C)C(=O)OC1CCC2(C)C(CCC3C2CCC2(C)C(C(C)CCC(=O)O)CCC32)C1)C(=O)OC1CCC2(C)C(CCC3C2CCC2(C)C(C(C)CCC(=O)OC4CCCCO4)CCC32)C1. The molecule has 9 heteroatoms. The number of carboxylic acid groups (broad SMARTS) is 1. The molecule has 9 fully saturated rings. The number of rotatable bonds is 16. The van der Waals surface area contributed by atoms with E-state index in [1.165, 1.54) is 77.0 Å². The molecule has 408 valence electrons. The molecular formula is C63H102O9. The molecule has 0 aromatic rings. The second kappa shape index (κ2) is 21.0. The van der Waals surface area contributed by atoms with Crippen molar-refractivity contribution in [2.75, 3.05) is 6.61 Å². The molecule has 20 unspecified atom stereocenters. The number of carbonyl (C=O) groups excluding carboxylic acids is 3. The first kappa shape index (κ1) is 54.6. The number of esters is 3. The molecule has 0 radical (unpaired) electrons. The summed E-state index contributed by atoms with van der Waals surface area (Å²) in [6, 6.07) is 0. The lowest BCUT2D eigenvalue weighted by Gasteiger charge is -2.61. The summed E-state index contributed by atoms with van der Waals surface area (Å²) < 4.78 is 24.5. The summed E-state index contributed by atoms with van der Waals surface area (Å²) in [4.78, 5) is 52.9. The van der Waals surface area contributed by atoms with Crippen LogP contribution in [-0.4, -0.2) is 54.1 Å². The van der Waals surface area contributed by atoms with Gasteiger partial charge in [-0.05, 0) is 268 Å². The van der Waals surface area contributed by atoms with Crippen LogP contribution in [0.15, 0.2) is 0 Å². The average Bonchev–Trinajstić information content (AvgIpc) is 3.89. The maximum Gasteiger partial charge on any atom is 0.312 e. The van der Waals surface area contributed by atoms with Crippen molar-refractivity contribution in [2.24, 2.45) is 104 Å². The molecule has 0 amide bonds. The van der Waals surface area contributed by atoms with Crippen LogP contribution in [0.1, 0.15) is 243 Å². The summed E-state index contributed by atoms with van der Waals surface area (Å²) in [5.41, 5.74) is -0.385. The summed E-state index contributed by atoms with van der Waals surface area (Å²) in [6.45, 7) is 23.8. The zero-order valence-corrected chi connectivity index (χ0v) is 47.2. The number of aliphatic carboxylic acids is 1. The van der Waals surface area contributed by atoms with Gasteiger partial charge in [0.2, 0.25) is 6.29 Å². The highest BCUT2D eigenvalue weighted by molar-refractivity contribution is 5.80. The maximum atomic E-state index is 14.4. The van der Waals surface area contributed by atoms with E-state index in [0.717, 1.165) is 106 Å². The Labute approximate surface area is 436 Å². The summed E-state index contributed by atoms with van der Waals surface area (Å²) >= 11 is 0. The molecule has 0 aromatic heterocycles. The van der Waals surface area contributed by atoms with Gasteiger partial charge in [0.15, 0.2) is 0 Å². The standard InChI is InChI=1S/C63H102O9/c1-11-59(6,38-58(4,5)56(67)70-43-27-31-60(7)41(36-43)17-19-45-49-23-21-47(39(2)15-25-53(64)65)62(49,9)33-29-51(45)60)57(68)71-44-28-32-61(8)42(37-44)18-20-46-50-24-22-48(63(50,10)34-30-52(46)61)40(3)16-26-54(66)72-55-14-12-13-35-69-55/h39-52,55H,11-38H2,1-10H3,(H,64,65). The number of fused-ring (bicyclic) bond motifs is 10. The first-order chi connectivity index (χ1) is 34.0. The fraction of sp³-hybridized carbons (Fsp3) is 0.937. The molecule has 9 nitrogen and oxygen atoms in total. The lowest BCUT2D eigenvalue weighted by molar-refractivity contribution is -0.187. The molecule has 1 saturated heterocycles. The average molecular weight is 1000 g/mol. The van der Waals surface area contributed by atoms with Gasteiger partial charge in [0.25, 0.3) is 0 Å². The predicted molar refractivity (Wildman–Crippen MR) is 281 cm³/mol. The van der Waals surface area contributed by atoms with Crippen molar-refractivity contribution < 1.29 is 43.2 Å². The van der Waals surface area contributed by atoms with Gasteiger partial charge in [-0.1, -0.05) is 48.5 Å². The van der Waals surface area contributed by atoms with Crippen molar-refractivity contribution in [1.29, 1.82) is 0 Å². The number of ether oxygens (including phenoxy) is 4. The van der Waals surface area contributed by atoms with Crippen LogP contribution in [0, 0.1) is 104 Å². The van der Waals surface area contributed by atoms with Crippen molar-refractivity contribution in [2.45, 2.75) is 261 Å². The largest absolute Gasteiger partial charge is 0.481 e. The van der Waals surface area contributed by atoms with Gasteiger partial charge < -0.3 is 24.1 Å². The third-order valence-electron chi connectivity index (χ3n) is 25.0. The highest BCUT2D eigenvalue weighted by Gasteiger charge is 2.63. The minimum Gasteiger partial charge on any atom is -0.481 e. The molecule has 0 aromatic carbocycles. The van der Waals surface area contributed by atoms with E-state index in [0.29, 0.717) is 72.2 Å². The Hall–Kier alpha value is -2.16. The smallest absolute Gasteiger partial charge is 0.312 e. The first-order valence-electron chi connectivity index (χ1n) is 30.5. The van der Waals surface area contributed by atoms with Crippen LogP contribution < -0.4 is 0 Å². The van der Waals surface area contributed by atoms with Gasteiger partial charge in [-0.2, -0.15) is 0 Å². The summed E-state index contributed by atoms with van der Waals surface area (Å²) in [5.74, 6) is 6.75. The summed E-state index contributed by atoms with van der Waals surface area (Å²) in [5, 5.41) is 9.40. The minimum absolute atomic E-state index is 0.0676. The summed E-state index contributed by atoms with van der Waals surface area (Å²) in [6.07, 6.45) is 27.2. The van der Waals surface area contributed by atoms with Gasteiger partial charge in [-0.3, -0.25) is 19.2 Å². The van der Waals surface area contributed by atoms with E-state index in [4.69, 9.17) is 18.9 Å². The molecule has 8 aliphatic carbocycles. The van der Waals surface area contributed by atoms with E-state index in [2.05, 4.69) is 48.5 Å². The van der Waals surface area contributed by atoms with Crippen molar-refractivity contribution in [3.8, 4) is 0 Å². The van der Waals surface area contributed by atoms with Crippen LogP contribution in [0.25, 0.3) is 0 Å². The maximum absolute atomic E-state index is 14.4. The molecule has 8 saturated carbocycles. The van der Waals surface area contributed by atoms with E-state index in [9.17, 15) is 24.3 Å². The van der Waals surface area contributed by atoms with Gasteiger partial charge in [-0.15, -0.1) is 0 Å². The number of hydrogen-bond acceptors (Lipinski definition) is 8. The number of carboxylic acids is 1. The van der Waals surface area contributed by atoms with Crippen molar-refractivity contribution in [3.63, 3.8) is 0 Å². The number of hydrogen-bond donors (Lipinski definition) is 1. The monoisotopic (exact) mass is 1000 g/mol. The third-order valence-corrected chi connectivity index (χ3v) is 25.0. The van der Waals surface area contributed by atoms with Gasteiger partial charge in [0.1, 0.15) is 12.2 Å². The van der Waals surface area contributed by atoms with E-state index < -0.39 is 16.8 Å². The zero-order valence-electron chi connectivity index (χ0n) is 47.2. The van der Waals surface area contributed by atoms with Gasteiger partial charge in [0, 0.05) is 19.3 Å². The Morgan fingerprint density at radius 1 is 0.583 bits per heavy atom. The Kier molecular flexibility index (Phi) is 15.9. The van der Waals surface area contributed by atoms with Crippen LogP contribution in [-0.2, 0) is 38.1 Å². The second-order valence-corrected chi connectivity index (χ2v) is 29.1. The van der Waals surface area contributed by atoms with Crippen LogP contribution in [0.5, 0.6) is 0 Å². The van der Waals surface area contributed by atoms with Crippen LogP contribution >= 0.6 is 0 Å². The summed E-state index contributed by atoms with van der Waals surface area (Å²) in [7, 11) is 0. The zero-order chi connectivity index (χ0) is 51.6. The molecule has 9 rings (SSSR count). The lowest BCUT2D eigenvalue weighted by atomic mass is 9.44. The Balaban J connectivity index is 0.744. The molecule has 0 spiro atoms. The predicted octanol–water partition coefficient (Wildman–Crippen LogP) is 14.9. The second-order valence-electron chi connectivity index (χ2n) is 29.1. The Bertz CT molecular complexity index is 1960. The van der Waals surface area contributed by atoms with Crippen molar-refractivity contribution >= 4 is 23.9 Å². The molecule has 72 heavy (non-hydrogen) atoms. The Morgan fingerprint density at radius 2 is 1.07 bits per heavy atom. The number of carbonyl (C=O) groups is 4. The topological polar surface area (TPSA) is 125 Å². The van der Waals surface area contributed by atoms with E-state index in [1.807, 2.05) is 20.8 Å². The van der Waals surface area contributed by atoms with Crippen LogP contribution in [0.2, 0.25) is 0 Å². The molecule has 0 bridgehead atoms. The van der Waals surface area contributed by atoms with Crippen LogP contribution in [0.4, 0.5) is 0 Å². The fourth-order valence-electron chi connectivity index (χ4n) is 20.7. The Morgan fingerprint density at radius 3 is 1.56 bits per heavy atom. The third kappa shape index (κ3) is 10.1. The van der Waals surface area contributed by atoms with E-state index >= 15 is 0 Å². The minimum atomic E-state index is -0.817. The van der Waals surface area contributed by atoms with Crippen molar-refractivity contribution in [3.05, 3.63) is 0 Å². The normalized spacial score (nSPS) is 44.2.